The van der Waals surface area contributed by atoms with Crippen molar-refractivity contribution < 1.29 is 14.3 Å². The highest BCUT2D eigenvalue weighted by Crippen LogP contribution is 2.35. The Kier molecular flexibility index (Phi) is 5.09. The minimum Gasteiger partial charge on any atom is -0.444 e. The van der Waals surface area contributed by atoms with Crippen LogP contribution in [0.4, 0.5) is 4.79 Å². The van der Waals surface area contributed by atoms with Crippen LogP contribution < -0.4 is 0 Å². The maximum Gasteiger partial charge on any atom is 0.410 e. The van der Waals surface area contributed by atoms with Gasteiger partial charge in [-0.1, -0.05) is 28.1 Å². The van der Waals surface area contributed by atoms with E-state index in [-0.39, 0.29) is 24.0 Å². The van der Waals surface area contributed by atoms with Crippen LogP contribution in [0.1, 0.15) is 45.2 Å². The maximum absolute atomic E-state index is 12.9. The summed E-state index contributed by atoms with van der Waals surface area (Å²) in [6.07, 6.45) is 1.69. The first-order valence-corrected chi connectivity index (χ1v) is 9.58. The second-order valence-corrected chi connectivity index (χ2v) is 8.74. The van der Waals surface area contributed by atoms with Gasteiger partial charge in [-0.25, -0.2) is 4.79 Å². The molecule has 2 saturated heterocycles. The van der Waals surface area contributed by atoms with Gasteiger partial charge in [-0.2, -0.15) is 0 Å². The molecule has 0 spiro atoms. The molecule has 136 valence electrons. The van der Waals surface area contributed by atoms with E-state index in [0.717, 1.165) is 23.9 Å². The number of benzene rings is 1. The quantitative estimate of drug-likeness (QED) is 0.743. The fraction of sp³-hybridized carbons (Fsp3) is 0.579. The largest absolute Gasteiger partial charge is 0.444 e. The number of halogens is 1. The van der Waals surface area contributed by atoms with Gasteiger partial charge in [0.2, 0.25) is 5.91 Å². The Balaban J connectivity index is 1.58. The molecule has 0 aliphatic carbocycles. The normalized spacial score (nSPS) is 21.2. The number of carbonyl (C=O) groups excluding carboxylic acids is 2. The topological polar surface area (TPSA) is 49.9 Å². The molecular weight excluding hydrogens is 384 g/mol. The van der Waals surface area contributed by atoms with Gasteiger partial charge in [-0.05, 0) is 51.3 Å². The lowest BCUT2D eigenvalue weighted by Gasteiger charge is -2.41. The molecule has 0 radical (unpaired) electrons. The maximum atomic E-state index is 12.9. The van der Waals surface area contributed by atoms with Gasteiger partial charge in [0.25, 0.3) is 0 Å². The Morgan fingerprint density at radius 1 is 1.16 bits per heavy atom. The highest BCUT2D eigenvalue weighted by atomic mass is 79.9. The number of ether oxygens (including phenoxy) is 1. The molecular formula is C19H25BrN2O3. The van der Waals surface area contributed by atoms with E-state index < -0.39 is 5.60 Å². The van der Waals surface area contributed by atoms with Crippen LogP contribution in [0.25, 0.3) is 0 Å². The summed E-state index contributed by atoms with van der Waals surface area (Å²) in [4.78, 5) is 28.5. The van der Waals surface area contributed by atoms with Gasteiger partial charge in [-0.3, -0.25) is 4.79 Å². The van der Waals surface area contributed by atoms with Crippen molar-refractivity contribution in [2.75, 3.05) is 19.6 Å². The number of hydrogen-bond acceptors (Lipinski definition) is 3. The van der Waals surface area contributed by atoms with E-state index in [1.807, 2.05) is 37.8 Å². The molecule has 0 N–H and O–H groups in total. The molecule has 1 aromatic rings. The van der Waals surface area contributed by atoms with Crippen molar-refractivity contribution in [1.82, 2.24) is 9.80 Å². The molecule has 2 heterocycles. The van der Waals surface area contributed by atoms with Crippen LogP contribution in [0.5, 0.6) is 0 Å². The molecule has 1 unspecified atom stereocenters. The van der Waals surface area contributed by atoms with E-state index in [9.17, 15) is 9.59 Å². The molecule has 1 atom stereocenters. The Bertz CT molecular complexity index is 648. The lowest BCUT2D eigenvalue weighted by molar-refractivity contribution is -0.141. The van der Waals surface area contributed by atoms with Crippen LogP contribution in [-0.4, -0.2) is 47.0 Å². The summed E-state index contributed by atoms with van der Waals surface area (Å²) in [6.45, 7) is 7.25. The molecule has 0 bridgehead atoms. The zero-order valence-corrected chi connectivity index (χ0v) is 16.6. The van der Waals surface area contributed by atoms with E-state index in [1.165, 1.54) is 5.56 Å². The van der Waals surface area contributed by atoms with Gasteiger partial charge in [0.05, 0.1) is 12.0 Å². The summed E-state index contributed by atoms with van der Waals surface area (Å²) in [7, 11) is 0. The third-order valence-corrected chi connectivity index (χ3v) is 5.20. The Hall–Kier alpha value is -1.56. The predicted molar refractivity (Wildman–Crippen MR) is 99.1 cm³/mol. The van der Waals surface area contributed by atoms with Crippen LogP contribution in [0.3, 0.4) is 0 Å². The Morgan fingerprint density at radius 2 is 1.80 bits per heavy atom. The summed E-state index contributed by atoms with van der Waals surface area (Å²) in [6, 6.07) is 8.34. The van der Waals surface area contributed by atoms with Gasteiger partial charge in [0.1, 0.15) is 5.60 Å². The van der Waals surface area contributed by atoms with E-state index in [2.05, 4.69) is 28.1 Å². The third-order valence-electron chi connectivity index (χ3n) is 4.67. The van der Waals surface area contributed by atoms with Crippen LogP contribution in [-0.2, 0) is 9.53 Å². The smallest absolute Gasteiger partial charge is 0.410 e. The van der Waals surface area contributed by atoms with Gasteiger partial charge in [-0.15, -0.1) is 0 Å². The Morgan fingerprint density at radius 3 is 2.40 bits per heavy atom. The molecule has 3 rings (SSSR count). The van der Waals surface area contributed by atoms with Crippen LogP contribution in [0.15, 0.2) is 28.7 Å². The first-order chi connectivity index (χ1) is 11.7. The number of rotatable bonds is 2. The summed E-state index contributed by atoms with van der Waals surface area (Å²) < 4.78 is 6.40. The van der Waals surface area contributed by atoms with E-state index >= 15 is 0 Å². The number of carbonyl (C=O) groups is 2. The van der Waals surface area contributed by atoms with Crippen LogP contribution >= 0.6 is 15.9 Å². The molecule has 2 amide bonds. The minimum atomic E-state index is -0.506. The van der Waals surface area contributed by atoms with Crippen molar-refractivity contribution in [2.24, 2.45) is 5.92 Å². The van der Waals surface area contributed by atoms with Crippen molar-refractivity contribution in [2.45, 2.75) is 45.3 Å². The van der Waals surface area contributed by atoms with Crippen molar-refractivity contribution in [3.63, 3.8) is 0 Å². The zero-order valence-electron chi connectivity index (χ0n) is 15.0. The van der Waals surface area contributed by atoms with Crippen molar-refractivity contribution in [3.05, 3.63) is 34.3 Å². The first kappa shape index (κ1) is 18.2. The monoisotopic (exact) mass is 408 g/mol. The zero-order chi connectivity index (χ0) is 18.2. The number of amides is 2. The standard InChI is InChI=1S/C19H25BrN2O3/c1-19(2,3)25-18(24)21-11-14(12-21)17(23)22-10-4-5-16(22)13-6-8-15(20)9-7-13/h6-9,14,16H,4-5,10-12H2,1-3H3. The number of hydrogen-bond donors (Lipinski definition) is 0. The van der Waals surface area contributed by atoms with E-state index in [4.69, 9.17) is 4.74 Å². The minimum absolute atomic E-state index is 0.108. The summed E-state index contributed by atoms with van der Waals surface area (Å²) >= 11 is 3.45. The lowest BCUT2D eigenvalue weighted by Crippen LogP contribution is -2.57. The first-order valence-electron chi connectivity index (χ1n) is 8.78. The van der Waals surface area contributed by atoms with E-state index in [1.54, 1.807) is 4.90 Å². The molecule has 25 heavy (non-hydrogen) atoms. The van der Waals surface area contributed by atoms with Crippen molar-refractivity contribution in [1.29, 1.82) is 0 Å². The van der Waals surface area contributed by atoms with Crippen molar-refractivity contribution >= 4 is 27.9 Å². The second kappa shape index (κ2) is 6.98. The molecule has 0 aromatic heterocycles. The summed E-state index contributed by atoms with van der Waals surface area (Å²) in [5.74, 6) is 0.0498. The lowest BCUT2D eigenvalue weighted by atomic mass is 9.97. The van der Waals surface area contributed by atoms with Crippen molar-refractivity contribution in [3.8, 4) is 0 Å². The summed E-state index contributed by atoms with van der Waals surface area (Å²) in [5.41, 5.74) is 0.672. The molecule has 0 saturated carbocycles. The number of nitrogens with zero attached hydrogens (tertiary/aromatic N) is 2. The van der Waals surface area contributed by atoms with Gasteiger partial charge in [0, 0.05) is 24.1 Å². The second-order valence-electron chi connectivity index (χ2n) is 7.82. The average Bonchev–Trinajstić information content (AvgIpc) is 2.93. The van der Waals surface area contributed by atoms with Crippen LogP contribution in [0, 0.1) is 5.92 Å². The van der Waals surface area contributed by atoms with Gasteiger partial charge < -0.3 is 14.5 Å². The van der Waals surface area contributed by atoms with Crippen LogP contribution in [0.2, 0.25) is 0 Å². The molecule has 2 aliphatic rings. The number of likely N-dealkylation sites (tertiary alicyclic amines) is 2. The molecule has 1 aromatic carbocycles. The van der Waals surface area contributed by atoms with Gasteiger partial charge in [0.15, 0.2) is 0 Å². The average molecular weight is 409 g/mol. The fourth-order valence-corrected chi connectivity index (χ4v) is 3.67. The Labute approximate surface area is 157 Å². The highest BCUT2D eigenvalue weighted by Gasteiger charge is 2.42. The highest BCUT2D eigenvalue weighted by molar-refractivity contribution is 9.10. The molecule has 2 aliphatic heterocycles. The predicted octanol–water partition coefficient (Wildman–Crippen LogP) is 3.98. The summed E-state index contributed by atoms with van der Waals surface area (Å²) in [5, 5.41) is 0. The third kappa shape index (κ3) is 4.17. The molecule has 5 nitrogen and oxygen atoms in total. The molecule has 2 fully saturated rings. The van der Waals surface area contributed by atoms with Gasteiger partial charge >= 0.3 is 6.09 Å². The fourth-order valence-electron chi connectivity index (χ4n) is 3.41. The van der Waals surface area contributed by atoms with E-state index in [0.29, 0.717) is 13.1 Å². The molecule has 6 heteroatoms. The SMILES string of the molecule is CC(C)(C)OC(=O)N1CC(C(=O)N2CCCC2c2ccc(Br)cc2)C1.